The van der Waals surface area contributed by atoms with E-state index in [1.807, 2.05) is 0 Å². The standard InChI is InChI=1S/C40H62N12O14S/c1-3-20(2)32(37(63)46-17-30(56)48-27(18-53)35(61)49-24(39(65)66)6-4-12-44-40(42)43)51-34(60)25(14-21-8-10-22(54)11-9-21)47-29(55)16-45-36(62)28-7-5-13-52(28)38(64)26(15-31(57)58)50-33(59)23(41)19-67/h8-11,20,23-28,32,53-54,67H,3-7,12-19,41H2,1-2H3,(H,45,62)(H,46,63)(H,47,55)(H,48,56)(H,49,61)(H,50,59)(H,51,60)(H,57,58)(H,65,66)(H4,42,43,44)/t20-,23-,24-,25-,26-,27-,28-,32-/m0/s1. The summed E-state index contributed by atoms with van der Waals surface area (Å²) in [4.78, 5) is 134. The van der Waals surface area contributed by atoms with Crippen LogP contribution in [0.1, 0.15) is 57.9 Å². The highest BCUT2D eigenvalue weighted by Crippen LogP contribution is 2.20. The number of carbonyl (C=O) groups excluding carboxylic acids is 8. The topological polar surface area (TPSA) is 429 Å². The van der Waals surface area contributed by atoms with Crippen LogP contribution >= 0.6 is 12.6 Å². The number of nitrogens with one attached hydrogen (secondary N) is 7. The van der Waals surface area contributed by atoms with Crippen molar-refractivity contribution in [3.05, 3.63) is 29.8 Å². The van der Waals surface area contributed by atoms with E-state index in [0.29, 0.717) is 18.4 Å². The first-order chi connectivity index (χ1) is 31.6. The number of guanidine groups is 1. The number of nitrogens with zero attached hydrogens (tertiary/aromatic N) is 2. The number of carboxylic acids is 2. The quantitative estimate of drug-likeness (QED) is 0.0161. The minimum atomic E-state index is -1.61. The van der Waals surface area contributed by atoms with E-state index in [1.165, 1.54) is 24.3 Å². The molecule has 372 valence electrons. The summed E-state index contributed by atoms with van der Waals surface area (Å²) in [6, 6.07) is -3.90. The second-order valence-corrected chi connectivity index (χ2v) is 16.0. The van der Waals surface area contributed by atoms with Gasteiger partial charge in [0.2, 0.25) is 47.3 Å². The Morgan fingerprint density at radius 2 is 1.42 bits per heavy atom. The highest BCUT2D eigenvalue weighted by molar-refractivity contribution is 7.80. The molecule has 0 unspecified atom stereocenters. The number of hydrogen-bond donors (Lipinski definition) is 15. The van der Waals surface area contributed by atoms with E-state index >= 15 is 0 Å². The minimum Gasteiger partial charge on any atom is -0.508 e. The van der Waals surface area contributed by atoms with Crippen LogP contribution < -0.4 is 54.4 Å². The molecule has 1 heterocycles. The second kappa shape index (κ2) is 28.3. The summed E-state index contributed by atoms with van der Waals surface area (Å²) in [5.41, 5.74) is 16.6. The molecule has 1 aromatic rings. The Balaban J connectivity index is 2.15. The van der Waals surface area contributed by atoms with Gasteiger partial charge >= 0.3 is 11.9 Å². The molecule has 0 aromatic heterocycles. The van der Waals surface area contributed by atoms with Crippen LogP contribution in [0.3, 0.4) is 0 Å². The van der Waals surface area contributed by atoms with Gasteiger partial charge in [-0.05, 0) is 49.3 Å². The number of nitrogens with two attached hydrogens (primary N) is 3. The normalized spacial score (nSPS) is 16.3. The van der Waals surface area contributed by atoms with Crippen LogP contribution in [0.15, 0.2) is 29.3 Å². The molecule has 0 spiro atoms. The molecule has 1 fully saturated rings. The van der Waals surface area contributed by atoms with Crippen molar-refractivity contribution >= 4 is 77.8 Å². The van der Waals surface area contributed by atoms with E-state index in [9.17, 15) is 68.4 Å². The lowest BCUT2D eigenvalue weighted by Crippen LogP contribution is -2.58. The molecule has 0 aliphatic carbocycles. The smallest absolute Gasteiger partial charge is 0.326 e. The molecule has 8 amide bonds. The first-order valence-corrected chi connectivity index (χ1v) is 21.9. The Bertz CT molecular complexity index is 1950. The SMILES string of the molecule is CC[C@H](C)[C@H](NC(=O)[C@H](Cc1ccc(O)cc1)NC(=O)CNC(=O)[C@@H]1CCCN1C(=O)[C@H](CC(=O)O)NC(=O)[C@@H](N)CS)C(=O)NCC(=O)N[C@@H](CO)C(=O)N[C@@H](CCCN=C(N)N)C(=O)O. The first-order valence-electron chi connectivity index (χ1n) is 21.2. The third kappa shape index (κ3) is 19.3. The molecular formula is C40H62N12O14S. The summed E-state index contributed by atoms with van der Waals surface area (Å²) in [7, 11) is 0. The van der Waals surface area contributed by atoms with Crippen molar-refractivity contribution < 1.29 is 68.4 Å². The van der Waals surface area contributed by atoms with Gasteiger partial charge in [0.25, 0.3) is 0 Å². The van der Waals surface area contributed by atoms with Crippen molar-refractivity contribution in [2.45, 2.75) is 101 Å². The van der Waals surface area contributed by atoms with Gasteiger partial charge < -0.3 is 79.7 Å². The summed E-state index contributed by atoms with van der Waals surface area (Å²) in [5.74, 6) is -10.8. The van der Waals surface area contributed by atoms with E-state index in [2.05, 4.69) is 54.8 Å². The van der Waals surface area contributed by atoms with E-state index in [0.717, 1.165) is 4.90 Å². The number of rotatable bonds is 28. The molecule has 1 saturated heterocycles. The Labute approximate surface area is 390 Å². The zero-order chi connectivity index (χ0) is 50.4. The average Bonchev–Trinajstić information content (AvgIpc) is 3.78. The Kier molecular flexibility index (Phi) is 23.8. The maximum absolute atomic E-state index is 13.9. The third-order valence-electron chi connectivity index (χ3n) is 10.4. The van der Waals surface area contributed by atoms with E-state index in [4.69, 9.17) is 17.2 Å². The summed E-state index contributed by atoms with van der Waals surface area (Å²) in [5, 5.41) is 55.1. The van der Waals surface area contributed by atoms with Crippen molar-refractivity contribution in [2.75, 3.05) is 38.5 Å². The van der Waals surface area contributed by atoms with Crippen LogP contribution in [0.2, 0.25) is 0 Å². The fourth-order valence-corrected chi connectivity index (χ4v) is 6.72. The predicted octanol–water partition coefficient (Wildman–Crippen LogP) is -5.51. The van der Waals surface area contributed by atoms with Gasteiger partial charge in [0, 0.05) is 25.3 Å². The summed E-state index contributed by atoms with van der Waals surface area (Å²) >= 11 is 3.94. The lowest BCUT2D eigenvalue weighted by molar-refractivity contribution is -0.146. The fourth-order valence-electron chi connectivity index (χ4n) is 6.55. The zero-order valence-electron chi connectivity index (χ0n) is 37.1. The maximum atomic E-state index is 13.9. The molecule has 1 aromatic carbocycles. The van der Waals surface area contributed by atoms with E-state index < -0.39 is 134 Å². The number of benzene rings is 1. The van der Waals surface area contributed by atoms with E-state index in [-0.39, 0.29) is 56.2 Å². The Hall–Kier alpha value is -6.74. The Morgan fingerprint density at radius 3 is 1.99 bits per heavy atom. The average molecular weight is 967 g/mol. The highest BCUT2D eigenvalue weighted by Gasteiger charge is 2.39. The largest absolute Gasteiger partial charge is 0.508 e. The number of hydrogen-bond acceptors (Lipinski definition) is 15. The van der Waals surface area contributed by atoms with Crippen molar-refractivity contribution in [2.24, 2.45) is 28.1 Å². The van der Waals surface area contributed by atoms with Crippen LogP contribution in [0.4, 0.5) is 0 Å². The first kappa shape index (κ1) is 56.4. The number of thiol groups is 1. The Morgan fingerprint density at radius 1 is 0.821 bits per heavy atom. The molecule has 27 heteroatoms. The highest BCUT2D eigenvalue weighted by atomic mass is 32.1. The number of amides is 8. The third-order valence-corrected chi connectivity index (χ3v) is 10.8. The maximum Gasteiger partial charge on any atom is 0.326 e. The number of aliphatic hydroxyl groups is 1. The van der Waals surface area contributed by atoms with Gasteiger partial charge in [-0.3, -0.25) is 48.1 Å². The number of phenols is 1. The molecule has 1 aliphatic rings. The lowest BCUT2D eigenvalue weighted by atomic mass is 9.97. The number of likely N-dealkylation sites (tertiary alicyclic amines) is 1. The molecule has 0 radical (unpaired) electrons. The monoisotopic (exact) mass is 966 g/mol. The van der Waals surface area contributed by atoms with Gasteiger partial charge in [-0.1, -0.05) is 32.4 Å². The van der Waals surface area contributed by atoms with Gasteiger partial charge in [-0.15, -0.1) is 0 Å². The number of aliphatic imine (C=N–C) groups is 1. The van der Waals surface area contributed by atoms with Crippen LogP contribution in [0.5, 0.6) is 5.75 Å². The van der Waals surface area contributed by atoms with Gasteiger partial charge in [0.15, 0.2) is 5.96 Å². The summed E-state index contributed by atoms with van der Waals surface area (Å²) < 4.78 is 0. The fraction of sp³-hybridized carbons (Fsp3) is 0.575. The van der Waals surface area contributed by atoms with Gasteiger partial charge in [-0.2, -0.15) is 12.6 Å². The predicted molar refractivity (Wildman–Crippen MR) is 240 cm³/mol. The van der Waals surface area contributed by atoms with Crippen molar-refractivity contribution in [1.29, 1.82) is 0 Å². The van der Waals surface area contributed by atoms with Crippen LogP contribution in [0.25, 0.3) is 0 Å². The summed E-state index contributed by atoms with van der Waals surface area (Å²) in [6.45, 7) is 1.09. The van der Waals surface area contributed by atoms with Crippen molar-refractivity contribution in [3.8, 4) is 5.75 Å². The molecule has 1 aliphatic heterocycles. The lowest BCUT2D eigenvalue weighted by Gasteiger charge is -2.29. The minimum absolute atomic E-state index is 0.0396. The van der Waals surface area contributed by atoms with Crippen LogP contribution in [-0.2, 0) is 54.4 Å². The molecule has 0 bridgehead atoms. The number of aliphatic hydroxyl groups excluding tert-OH is 1. The van der Waals surface area contributed by atoms with Crippen LogP contribution in [0, 0.1) is 5.92 Å². The van der Waals surface area contributed by atoms with Gasteiger partial charge in [0.05, 0.1) is 32.2 Å². The van der Waals surface area contributed by atoms with Crippen LogP contribution in [-0.4, -0.2) is 171 Å². The number of aromatic hydroxyl groups is 1. The number of aliphatic carboxylic acids is 2. The second-order valence-electron chi connectivity index (χ2n) is 15.6. The van der Waals surface area contributed by atoms with E-state index in [1.54, 1.807) is 13.8 Å². The van der Waals surface area contributed by atoms with Gasteiger partial charge in [-0.25, -0.2) is 4.79 Å². The molecule has 2 rings (SSSR count). The molecule has 67 heavy (non-hydrogen) atoms. The summed E-state index contributed by atoms with van der Waals surface area (Å²) in [6.07, 6.45) is -0.0676. The number of carboxylic acid groups (broad SMARTS) is 2. The molecule has 26 nitrogen and oxygen atoms in total. The zero-order valence-corrected chi connectivity index (χ0v) is 38.0. The molecule has 17 N–H and O–H groups in total. The molecular weight excluding hydrogens is 905 g/mol. The molecule has 8 atom stereocenters. The molecule has 0 saturated carbocycles. The van der Waals surface area contributed by atoms with Gasteiger partial charge in [0.1, 0.15) is 42.0 Å². The van der Waals surface area contributed by atoms with Crippen molar-refractivity contribution in [1.82, 2.24) is 42.1 Å². The van der Waals surface area contributed by atoms with Crippen molar-refractivity contribution in [3.63, 3.8) is 0 Å². The number of phenolic OH excluding ortho intramolecular Hbond substituents is 1. The number of carbonyl (C=O) groups is 10.